The van der Waals surface area contributed by atoms with Crippen LogP contribution in [0, 0.1) is 0 Å². The van der Waals surface area contributed by atoms with Gasteiger partial charge in [0.2, 0.25) is 0 Å². The van der Waals surface area contributed by atoms with Crippen molar-refractivity contribution in [1.29, 1.82) is 0 Å². The topological polar surface area (TPSA) is 27.1 Å². The van der Waals surface area contributed by atoms with Crippen molar-refractivity contribution in [3.05, 3.63) is 36.0 Å². The molecule has 3 nitrogen and oxygen atoms in total. The molecule has 0 spiro atoms. The summed E-state index contributed by atoms with van der Waals surface area (Å²) in [7, 11) is 0. The Bertz CT molecular complexity index is 665. The first kappa shape index (κ1) is 13.1. The van der Waals surface area contributed by atoms with Crippen LogP contribution in [0.15, 0.2) is 30.5 Å². The molecule has 1 aromatic heterocycles. The molecule has 0 atom stereocenters. The highest BCUT2D eigenvalue weighted by molar-refractivity contribution is 5.84. The first-order valence-electron chi connectivity index (χ1n) is 8.16. The largest absolute Gasteiger partial charge is 0.376 e. The Hall–Kier alpha value is -1.61. The maximum atomic E-state index is 5.56. The smallest absolute Gasteiger partial charge is 0.0719 e. The minimum absolute atomic E-state index is 0.597. The van der Waals surface area contributed by atoms with Crippen LogP contribution in [-0.2, 0) is 4.74 Å². The molecule has 0 unspecified atom stereocenters. The van der Waals surface area contributed by atoms with Gasteiger partial charge in [-0.2, -0.15) is 5.10 Å². The summed E-state index contributed by atoms with van der Waals surface area (Å²) in [4.78, 5) is 0. The summed E-state index contributed by atoms with van der Waals surface area (Å²) >= 11 is 0. The van der Waals surface area contributed by atoms with Crippen molar-refractivity contribution in [2.24, 2.45) is 0 Å². The third kappa shape index (κ3) is 2.51. The number of hydrogen-bond donors (Lipinski definition) is 0. The summed E-state index contributed by atoms with van der Waals surface area (Å²) in [6.07, 6.45) is 12.0. The second kappa shape index (κ2) is 5.64. The van der Waals surface area contributed by atoms with Crippen molar-refractivity contribution in [3.63, 3.8) is 0 Å². The van der Waals surface area contributed by atoms with Crippen LogP contribution < -0.4 is 0 Å². The lowest BCUT2D eigenvalue weighted by Gasteiger charge is -2.22. The van der Waals surface area contributed by atoms with Gasteiger partial charge >= 0.3 is 0 Å². The number of ether oxygens (including phenoxy) is 1. The zero-order chi connectivity index (χ0) is 14.1. The van der Waals surface area contributed by atoms with Gasteiger partial charge in [-0.05, 0) is 42.5 Å². The minimum Gasteiger partial charge on any atom is -0.376 e. The van der Waals surface area contributed by atoms with E-state index in [2.05, 4.69) is 34.1 Å². The summed E-state index contributed by atoms with van der Waals surface area (Å²) in [5.41, 5.74) is 3.88. The van der Waals surface area contributed by atoms with Gasteiger partial charge in [0, 0.05) is 5.39 Å². The summed E-state index contributed by atoms with van der Waals surface area (Å²) in [5.74, 6) is 0. The molecule has 1 aliphatic carbocycles. The molecule has 2 aromatic rings. The number of rotatable bonds is 2. The van der Waals surface area contributed by atoms with E-state index >= 15 is 0 Å². The van der Waals surface area contributed by atoms with E-state index < -0.39 is 0 Å². The number of benzene rings is 1. The van der Waals surface area contributed by atoms with Gasteiger partial charge in [-0.3, -0.25) is 4.68 Å². The maximum Gasteiger partial charge on any atom is 0.0719 e. The van der Waals surface area contributed by atoms with Gasteiger partial charge in [0.25, 0.3) is 0 Å². The van der Waals surface area contributed by atoms with Gasteiger partial charge in [0.1, 0.15) is 0 Å². The van der Waals surface area contributed by atoms with Crippen LogP contribution >= 0.6 is 0 Å². The zero-order valence-electron chi connectivity index (χ0n) is 12.4. The van der Waals surface area contributed by atoms with Gasteiger partial charge in [-0.1, -0.05) is 31.4 Å². The highest BCUT2D eigenvalue weighted by Gasteiger charge is 2.18. The third-order valence-electron chi connectivity index (χ3n) is 4.80. The van der Waals surface area contributed by atoms with E-state index in [1.165, 1.54) is 54.1 Å². The molecule has 4 rings (SSSR count). The molecule has 1 aliphatic heterocycles. The van der Waals surface area contributed by atoms with Crippen molar-refractivity contribution in [1.82, 2.24) is 9.78 Å². The summed E-state index contributed by atoms with van der Waals surface area (Å²) in [6.45, 7) is 1.59. The molecule has 0 N–H and O–H groups in total. The first-order valence-corrected chi connectivity index (χ1v) is 8.16. The van der Waals surface area contributed by atoms with Crippen LogP contribution in [-0.4, -0.2) is 23.0 Å². The monoisotopic (exact) mass is 282 g/mol. The molecule has 3 heteroatoms. The Morgan fingerprint density at radius 3 is 2.86 bits per heavy atom. The Kier molecular flexibility index (Phi) is 3.52. The lowest BCUT2D eigenvalue weighted by molar-refractivity contribution is 0.164. The van der Waals surface area contributed by atoms with E-state index in [0.29, 0.717) is 6.04 Å². The van der Waals surface area contributed by atoms with Crippen LogP contribution in [0.25, 0.3) is 16.5 Å². The SMILES string of the molecule is C1=C(c2ccc3c(cnn3C3CCCCC3)c2)COCC1. The molecule has 0 radical (unpaired) electrons. The molecular formula is C18H22N2O. The number of hydrogen-bond acceptors (Lipinski definition) is 2. The second-order valence-electron chi connectivity index (χ2n) is 6.23. The van der Waals surface area contributed by atoms with Crippen LogP contribution in [0.4, 0.5) is 0 Å². The van der Waals surface area contributed by atoms with Crippen LogP contribution in [0.1, 0.15) is 50.1 Å². The van der Waals surface area contributed by atoms with Gasteiger partial charge in [0.15, 0.2) is 0 Å². The van der Waals surface area contributed by atoms with E-state index in [1.807, 2.05) is 6.20 Å². The van der Waals surface area contributed by atoms with Gasteiger partial charge in [-0.25, -0.2) is 0 Å². The molecule has 1 aromatic carbocycles. The number of aromatic nitrogens is 2. The van der Waals surface area contributed by atoms with Crippen molar-refractivity contribution in [3.8, 4) is 0 Å². The molecular weight excluding hydrogens is 260 g/mol. The molecule has 21 heavy (non-hydrogen) atoms. The molecule has 0 bridgehead atoms. The van der Waals surface area contributed by atoms with E-state index in [0.717, 1.165) is 19.6 Å². The molecule has 0 saturated heterocycles. The fourth-order valence-electron chi connectivity index (χ4n) is 3.63. The molecule has 2 aliphatic rings. The normalized spacial score (nSPS) is 20.7. The molecule has 110 valence electrons. The zero-order valence-corrected chi connectivity index (χ0v) is 12.4. The van der Waals surface area contributed by atoms with Crippen molar-refractivity contribution < 1.29 is 4.74 Å². The fraction of sp³-hybridized carbons (Fsp3) is 0.500. The van der Waals surface area contributed by atoms with Gasteiger partial charge in [-0.15, -0.1) is 0 Å². The van der Waals surface area contributed by atoms with E-state index in [-0.39, 0.29) is 0 Å². The molecule has 0 amide bonds. The van der Waals surface area contributed by atoms with Gasteiger partial charge < -0.3 is 4.74 Å². The highest BCUT2D eigenvalue weighted by Crippen LogP contribution is 2.31. The van der Waals surface area contributed by atoms with Crippen molar-refractivity contribution >= 4 is 16.5 Å². The van der Waals surface area contributed by atoms with E-state index in [9.17, 15) is 0 Å². The fourth-order valence-corrected chi connectivity index (χ4v) is 3.63. The highest BCUT2D eigenvalue weighted by atomic mass is 16.5. The average Bonchev–Trinajstić information content (AvgIpc) is 2.99. The maximum absolute atomic E-state index is 5.56. The number of nitrogens with zero attached hydrogens (tertiary/aromatic N) is 2. The van der Waals surface area contributed by atoms with Crippen LogP contribution in [0.5, 0.6) is 0 Å². The molecule has 1 saturated carbocycles. The quantitative estimate of drug-likeness (QED) is 0.819. The van der Waals surface area contributed by atoms with E-state index in [1.54, 1.807) is 0 Å². The first-order chi connectivity index (χ1) is 10.4. The van der Waals surface area contributed by atoms with Crippen molar-refractivity contribution in [2.45, 2.75) is 44.6 Å². The lowest BCUT2D eigenvalue weighted by atomic mass is 9.95. The lowest BCUT2D eigenvalue weighted by Crippen LogP contribution is -2.13. The number of fused-ring (bicyclic) bond motifs is 1. The van der Waals surface area contributed by atoms with Crippen LogP contribution in [0.2, 0.25) is 0 Å². The Balaban J connectivity index is 1.68. The minimum atomic E-state index is 0.597. The summed E-state index contributed by atoms with van der Waals surface area (Å²) in [5, 5.41) is 5.93. The van der Waals surface area contributed by atoms with Gasteiger partial charge in [0.05, 0.1) is 31.0 Å². The Morgan fingerprint density at radius 2 is 2.05 bits per heavy atom. The van der Waals surface area contributed by atoms with Crippen molar-refractivity contribution in [2.75, 3.05) is 13.2 Å². The van der Waals surface area contributed by atoms with Crippen LogP contribution in [0.3, 0.4) is 0 Å². The Labute approximate surface area is 125 Å². The second-order valence-corrected chi connectivity index (χ2v) is 6.23. The summed E-state index contributed by atoms with van der Waals surface area (Å²) in [6, 6.07) is 7.33. The predicted molar refractivity (Wildman–Crippen MR) is 85.3 cm³/mol. The Morgan fingerprint density at radius 1 is 1.14 bits per heavy atom. The summed E-state index contributed by atoms with van der Waals surface area (Å²) < 4.78 is 7.81. The third-order valence-corrected chi connectivity index (χ3v) is 4.80. The molecule has 2 heterocycles. The standard InChI is InChI=1S/C18H22N2O/c1-2-6-17(7-3-1)20-18-9-8-14(11-16(18)12-19-20)15-5-4-10-21-13-15/h5,8-9,11-12,17H,1-4,6-7,10,13H2. The average molecular weight is 282 g/mol. The molecule has 1 fully saturated rings. The van der Waals surface area contributed by atoms with E-state index in [4.69, 9.17) is 4.74 Å². The predicted octanol–water partition coefficient (Wildman–Crippen LogP) is 4.35.